The molecule has 0 saturated carbocycles. The third-order valence-electron chi connectivity index (χ3n) is 5.79. The Hall–Kier alpha value is -2.96. The molecule has 37 heavy (non-hydrogen) atoms. The van der Waals surface area contributed by atoms with Crippen LogP contribution in [0.4, 0.5) is 0 Å². The van der Waals surface area contributed by atoms with E-state index in [9.17, 15) is 0 Å². The monoisotopic (exact) mass is 608 g/mol. The standard InChI is InChI=1S/C29H28O4P.2CH3.Pd/c1-20-16-21(30-2)17-25(32-4)28(20)29-26(33-5)18-22(31-3)19-27(29)34(23-12-8-6-9-13-23)24-14-10-7-11-15-24;;;/h6-19H,1H2,2-5H3;2*1H3;/q3*-1;/p+1. The fraction of sp³-hybridized carbons (Fsp3) is 0.129. The number of ether oxygens (including phenoxy) is 4. The third kappa shape index (κ3) is 6.68. The van der Waals surface area contributed by atoms with Crippen LogP contribution in [-0.2, 0) is 20.4 Å². The fourth-order valence-electron chi connectivity index (χ4n) is 4.22. The Morgan fingerprint density at radius 1 is 0.568 bits per heavy atom. The number of methoxy groups -OCH3 is 4. The molecule has 0 aromatic heterocycles. The molecule has 0 aliphatic carbocycles. The second kappa shape index (κ2) is 14.7. The van der Waals surface area contributed by atoms with E-state index in [1.807, 2.05) is 30.3 Å². The molecule has 0 amide bonds. The number of benzene rings is 4. The molecular weight excluding hydrogens is 574 g/mol. The largest absolute Gasteiger partial charge is 0.509 e. The zero-order valence-electron chi connectivity index (χ0n) is 22.2. The summed E-state index contributed by atoms with van der Waals surface area (Å²) in [6.07, 6.45) is 0. The maximum absolute atomic E-state index is 5.94. The summed E-state index contributed by atoms with van der Waals surface area (Å²) >= 11 is 0. The quantitative estimate of drug-likeness (QED) is 0.141. The number of hydrogen-bond acceptors (Lipinski definition) is 4. The van der Waals surface area contributed by atoms with E-state index < -0.39 is 7.92 Å². The van der Waals surface area contributed by atoms with Crippen molar-refractivity contribution in [2.45, 2.75) is 0 Å². The molecule has 0 radical (unpaired) electrons. The van der Waals surface area contributed by atoms with Gasteiger partial charge in [-0.15, -0.1) is 6.07 Å². The minimum Gasteiger partial charge on any atom is -0.509 e. The Labute approximate surface area is 237 Å². The van der Waals surface area contributed by atoms with Crippen molar-refractivity contribution in [2.75, 3.05) is 28.4 Å². The number of rotatable bonds is 8. The van der Waals surface area contributed by atoms with Gasteiger partial charge in [-0.1, -0.05) is 42.0 Å². The van der Waals surface area contributed by atoms with Crippen LogP contribution in [0.2, 0.25) is 0 Å². The van der Waals surface area contributed by atoms with E-state index in [4.69, 9.17) is 18.9 Å². The number of hydrogen-bond donors (Lipinski definition) is 0. The Balaban J connectivity index is 0.00000228. The van der Waals surface area contributed by atoms with Crippen LogP contribution in [0.5, 0.6) is 23.0 Å². The third-order valence-corrected chi connectivity index (χ3v) is 8.54. The topological polar surface area (TPSA) is 36.9 Å². The van der Waals surface area contributed by atoms with Gasteiger partial charge in [-0.3, -0.25) is 0 Å². The van der Waals surface area contributed by atoms with Crippen molar-refractivity contribution in [2.24, 2.45) is 0 Å². The van der Waals surface area contributed by atoms with Crippen LogP contribution in [0.15, 0.2) is 84.9 Å². The molecule has 0 spiro atoms. The van der Waals surface area contributed by atoms with Crippen LogP contribution in [0.25, 0.3) is 11.1 Å². The predicted octanol–water partition coefficient (Wildman–Crippen LogP) is 5.96. The van der Waals surface area contributed by atoms with Gasteiger partial charge in [-0.2, -0.15) is 12.5 Å². The summed E-state index contributed by atoms with van der Waals surface area (Å²) in [6.45, 7) is 4.34. The summed E-state index contributed by atoms with van der Waals surface area (Å²) < 4.78 is 22.9. The summed E-state index contributed by atoms with van der Waals surface area (Å²) in [5, 5.41) is 3.65. The Kier molecular flexibility index (Phi) is 12.7. The first-order valence-corrected chi connectivity index (χ1v) is 12.4. The first kappa shape index (κ1) is 32.1. The van der Waals surface area contributed by atoms with Crippen LogP contribution in [0, 0.1) is 21.8 Å². The summed E-state index contributed by atoms with van der Waals surface area (Å²) in [7, 11) is 5.21. The van der Waals surface area contributed by atoms with Crippen LogP contribution in [-0.4, -0.2) is 28.4 Å². The second-order valence-corrected chi connectivity index (χ2v) is 10.2. The molecular formula is C31H35O4PPd-2. The van der Waals surface area contributed by atoms with E-state index in [2.05, 4.69) is 61.5 Å². The molecule has 0 aliphatic rings. The molecule has 0 fully saturated rings. The van der Waals surface area contributed by atoms with E-state index in [-0.39, 0.29) is 35.3 Å². The zero-order valence-corrected chi connectivity index (χ0v) is 24.8. The molecule has 0 atom stereocenters. The minimum atomic E-state index is -1.45. The summed E-state index contributed by atoms with van der Waals surface area (Å²) in [4.78, 5) is 0. The van der Waals surface area contributed by atoms with Crippen molar-refractivity contribution < 1.29 is 39.4 Å². The van der Waals surface area contributed by atoms with Gasteiger partial charge in [0.05, 0.1) is 47.9 Å². The van der Waals surface area contributed by atoms with Crippen molar-refractivity contribution in [1.29, 1.82) is 0 Å². The smallest absolute Gasteiger partial charge is 0.126 e. The first-order valence-electron chi connectivity index (χ1n) is 10.9. The predicted molar refractivity (Wildman–Crippen MR) is 155 cm³/mol. The van der Waals surface area contributed by atoms with Gasteiger partial charge in [0.1, 0.15) is 27.4 Å². The molecule has 0 bridgehead atoms. The van der Waals surface area contributed by atoms with Gasteiger partial charge in [0, 0.05) is 38.1 Å². The molecule has 200 valence electrons. The van der Waals surface area contributed by atoms with Crippen LogP contribution < -0.4 is 34.9 Å². The average molecular weight is 609 g/mol. The fourth-order valence-corrected chi connectivity index (χ4v) is 7.01. The second-order valence-electron chi connectivity index (χ2n) is 7.72. The SMILES string of the molecule is [CH2-]c1cc(OC)cc(OC)c1-c1c(OC)cc(OC)cc1[PH+](c1ccccc1)c1ccccc1.[CH3-].[CH3-].[Pd]. The van der Waals surface area contributed by atoms with Gasteiger partial charge in [0.25, 0.3) is 0 Å². The average Bonchev–Trinajstić information content (AvgIpc) is 2.89. The zero-order chi connectivity index (χ0) is 24.1. The molecule has 0 heterocycles. The Morgan fingerprint density at radius 3 is 1.43 bits per heavy atom. The van der Waals surface area contributed by atoms with Crippen LogP contribution >= 0.6 is 7.92 Å². The van der Waals surface area contributed by atoms with Crippen molar-refractivity contribution in [3.8, 4) is 34.1 Å². The molecule has 0 saturated heterocycles. The molecule has 4 nitrogen and oxygen atoms in total. The van der Waals surface area contributed by atoms with Crippen LogP contribution in [0.3, 0.4) is 0 Å². The maximum Gasteiger partial charge on any atom is 0.126 e. The summed E-state index contributed by atoms with van der Waals surface area (Å²) in [6, 6.07) is 29.0. The molecule has 0 N–H and O–H groups in total. The molecule has 0 aliphatic heterocycles. The summed E-state index contributed by atoms with van der Waals surface area (Å²) in [5.41, 5.74) is 2.63. The molecule has 4 aromatic rings. The van der Waals surface area contributed by atoms with Gasteiger partial charge in [0.2, 0.25) is 0 Å². The van der Waals surface area contributed by atoms with Crippen molar-refractivity contribution in [3.63, 3.8) is 0 Å². The van der Waals surface area contributed by atoms with Crippen molar-refractivity contribution in [3.05, 3.63) is 112 Å². The minimum absolute atomic E-state index is 0. The Morgan fingerprint density at radius 2 is 1.00 bits per heavy atom. The van der Waals surface area contributed by atoms with Gasteiger partial charge in [0.15, 0.2) is 0 Å². The van der Waals surface area contributed by atoms with Crippen molar-refractivity contribution in [1.82, 2.24) is 0 Å². The van der Waals surface area contributed by atoms with E-state index in [0.29, 0.717) is 17.2 Å². The van der Waals surface area contributed by atoms with Gasteiger partial charge >= 0.3 is 0 Å². The maximum atomic E-state index is 5.94. The van der Waals surface area contributed by atoms with Crippen molar-refractivity contribution >= 4 is 23.8 Å². The van der Waals surface area contributed by atoms with E-state index >= 15 is 0 Å². The molecule has 0 unspecified atom stereocenters. The van der Waals surface area contributed by atoms with Gasteiger partial charge in [-0.25, -0.2) is 0 Å². The summed E-state index contributed by atoms with van der Waals surface area (Å²) in [5.74, 6) is 2.81. The van der Waals surface area contributed by atoms with Gasteiger partial charge in [-0.05, 0) is 30.3 Å². The first-order chi connectivity index (χ1) is 16.6. The van der Waals surface area contributed by atoms with E-state index in [1.54, 1.807) is 28.4 Å². The van der Waals surface area contributed by atoms with E-state index in [0.717, 1.165) is 27.7 Å². The van der Waals surface area contributed by atoms with Gasteiger partial charge < -0.3 is 33.8 Å². The van der Waals surface area contributed by atoms with E-state index in [1.165, 1.54) is 10.6 Å². The molecule has 4 aromatic carbocycles. The molecule has 6 heteroatoms. The normalized spacial score (nSPS) is 9.86. The molecule has 4 rings (SSSR count). The van der Waals surface area contributed by atoms with Crippen LogP contribution in [0.1, 0.15) is 5.56 Å². The Bertz CT molecular complexity index is 1220.